The van der Waals surface area contributed by atoms with Gasteiger partial charge in [-0.25, -0.2) is 0 Å². The van der Waals surface area contributed by atoms with Crippen LogP contribution in [0.15, 0.2) is 158 Å². The monoisotopic (exact) mass is 1120 g/mol. The third-order valence-corrected chi connectivity index (χ3v) is 13.5. The molecule has 0 radical (unpaired) electrons. The largest absolute Gasteiger partial charge is 0.462 e. The molecule has 0 heterocycles. The summed E-state index contributed by atoms with van der Waals surface area (Å²) in [6.45, 7) is 6.34. The van der Waals surface area contributed by atoms with Gasteiger partial charge in [0, 0.05) is 19.3 Å². The highest BCUT2D eigenvalue weighted by molar-refractivity contribution is 5.71. The maximum absolute atomic E-state index is 12.9. The maximum Gasteiger partial charge on any atom is 0.306 e. The Morgan fingerprint density at radius 1 is 0.259 bits per heavy atom. The predicted molar refractivity (Wildman–Crippen MR) is 352 cm³/mol. The van der Waals surface area contributed by atoms with Crippen molar-refractivity contribution in [3.05, 3.63) is 158 Å². The number of hydrogen-bond acceptors (Lipinski definition) is 6. The minimum absolute atomic E-state index is 0.112. The van der Waals surface area contributed by atoms with Crippen LogP contribution in [0.5, 0.6) is 0 Å². The zero-order chi connectivity index (χ0) is 58.5. The summed E-state index contributed by atoms with van der Waals surface area (Å²) in [6, 6.07) is 0. The van der Waals surface area contributed by atoms with Crippen molar-refractivity contribution in [3.8, 4) is 0 Å². The van der Waals surface area contributed by atoms with Crippen LogP contribution in [-0.2, 0) is 28.6 Å². The summed E-state index contributed by atoms with van der Waals surface area (Å²) in [5.41, 5.74) is 0. The van der Waals surface area contributed by atoms with E-state index >= 15 is 0 Å². The molecule has 0 bridgehead atoms. The van der Waals surface area contributed by atoms with Gasteiger partial charge in [-0.15, -0.1) is 0 Å². The Morgan fingerprint density at radius 3 is 0.802 bits per heavy atom. The van der Waals surface area contributed by atoms with E-state index in [-0.39, 0.29) is 31.6 Å². The number of ether oxygens (including phenoxy) is 3. The SMILES string of the molecule is CC/C=C\C/C=C\C/C=C\C/C=C\C/C=C\C/C=C\C/C=C\CCCCCCCCCCCCCC(=O)OCC(COC(=O)CCCCCCCCCCCCC)OC(=O)CC/C=C\C/C=C\C/C=C\C/C=C\C/C=C\C/C=C\CC. The van der Waals surface area contributed by atoms with Gasteiger partial charge in [-0.3, -0.25) is 14.4 Å². The molecule has 0 N–H and O–H groups in total. The topological polar surface area (TPSA) is 78.9 Å². The lowest BCUT2D eigenvalue weighted by molar-refractivity contribution is -0.166. The predicted octanol–water partition coefficient (Wildman–Crippen LogP) is 22.9. The average Bonchev–Trinajstić information content (AvgIpc) is 3.47. The molecule has 0 spiro atoms. The van der Waals surface area contributed by atoms with Crippen LogP contribution >= 0.6 is 0 Å². The normalized spacial score (nSPS) is 13.2. The first-order valence-electron chi connectivity index (χ1n) is 33.0. The van der Waals surface area contributed by atoms with Gasteiger partial charge in [0.1, 0.15) is 13.2 Å². The van der Waals surface area contributed by atoms with Gasteiger partial charge in [0.25, 0.3) is 0 Å². The van der Waals surface area contributed by atoms with Crippen molar-refractivity contribution in [1.29, 1.82) is 0 Å². The van der Waals surface area contributed by atoms with Crippen LogP contribution in [0.25, 0.3) is 0 Å². The molecular weight excluding hydrogens is 997 g/mol. The fourth-order valence-electron chi connectivity index (χ4n) is 8.68. The van der Waals surface area contributed by atoms with Gasteiger partial charge < -0.3 is 14.2 Å². The highest BCUT2D eigenvalue weighted by atomic mass is 16.6. The summed E-state index contributed by atoms with van der Waals surface area (Å²) >= 11 is 0. The fraction of sp³-hybridized carbons (Fsp3) is 0.613. The number of carbonyl (C=O) groups excluding carboxylic acids is 3. The third-order valence-electron chi connectivity index (χ3n) is 13.5. The van der Waals surface area contributed by atoms with E-state index in [4.69, 9.17) is 14.2 Å². The molecule has 0 aromatic rings. The summed E-state index contributed by atoms with van der Waals surface area (Å²) in [6.07, 6.45) is 98.4. The lowest BCUT2D eigenvalue weighted by Gasteiger charge is -2.18. The number of allylic oxidation sites excluding steroid dienone is 26. The van der Waals surface area contributed by atoms with E-state index in [2.05, 4.69) is 173 Å². The number of unbranched alkanes of at least 4 members (excludes halogenated alkanes) is 21. The van der Waals surface area contributed by atoms with Crippen molar-refractivity contribution < 1.29 is 28.6 Å². The Hall–Kier alpha value is -4.97. The Balaban J connectivity index is 4.31. The van der Waals surface area contributed by atoms with Gasteiger partial charge in [-0.1, -0.05) is 301 Å². The van der Waals surface area contributed by atoms with E-state index in [0.717, 1.165) is 122 Å². The molecule has 6 heteroatoms. The molecule has 0 saturated carbocycles. The second-order valence-electron chi connectivity index (χ2n) is 21.3. The van der Waals surface area contributed by atoms with Gasteiger partial charge in [-0.05, 0) is 116 Å². The highest BCUT2D eigenvalue weighted by Crippen LogP contribution is 2.15. The fourth-order valence-corrected chi connectivity index (χ4v) is 8.68. The molecule has 6 nitrogen and oxygen atoms in total. The molecule has 456 valence electrons. The standard InChI is InChI=1S/C75H120O6/c1-4-7-10-13-16-19-22-24-26-28-30-31-32-33-34-35-36-37-38-39-40-41-42-43-45-46-48-50-53-56-59-62-65-68-74(77)80-71-72(70-79-73(76)67-64-61-58-55-52-21-18-15-12-9-6-3)81-75(78)69-66-63-60-57-54-51-49-47-44-29-27-25-23-20-17-14-11-8-5-2/h7-8,10-11,16-17,19-20,24-27,30-31,33-34,36-37,39-40,44,47,51,54,60,63,72H,4-6,9,12-15,18,21-23,28-29,32,35,38,41-43,45-46,48-50,52-53,55-59,61-62,64-71H2,1-3H3/b10-7-,11-8-,19-16-,20-17-,26-24-,27-25-,31-30-,34-33-,37-36-,40-39-,47-44-,54-51-,63-60-. The van der Waals surface area contributed by atoms with Crippen molar-refractivity contribution in [3.63, 3.8) is 0 Å². The van der Waals surface area contributed by atoms with Crippen molar-refractivity contribution in [1.82, 2.24) is 0 Å². The minimum atomic E-state index is -0.825. The second-order valence-corrected chi connectivity index (χ2v) is 21.3. The van der Waals surface area contributed by atoms with Crippen LogP contribution in [0.1, 0.15) is 278 Å². The third kappa shape index (κ3) is 65.7. The summed E-state index contributed by atoms with van der Waals surface area (Å²) in [5.74, 6) is -1.00. The Morgan fingerprint density at radius 2 is 0.506 bits per heavy atom. The Labute approximate surface area is 499 Å². The molecule has 0 aliphatic rings. The number of rotatable bonds is 58. The molecule has 1 atom stereocenters. The molecular formula is C75H120O6. The molecule has 0 aromatic heterocycles. The van der Waals surface area contributed by atoms with Crippen molar-refractivity contribution in [2.45, 2.75) is 284 Å². The van der Waals surface area contributed by atoms with Crippen molar-refractivity contribution >= 4 is 17.9 Å². The van der Waals surface area contributed by atoms with Crippen LogP contribution in [-0.4, -0.2) is 37.2 Å². The lowest BCUT2D eigenvalue weighted by atomic mass is 10.0. The first-order valence-corrected chi connectivity index (χ1v) is 33.0. The zero-order valence-electron chi connectivity index (χ0n) is 52.2. The molecule has 0 aliphatic heterocycles. The number of carbonyl (C=O) groups is 3. The average molecular weight is 1120 g/mol. The molecule has 0 saturated heterocycles. The first kappa shape index (κ1) is 76.0. The zero-order valence-corrected chi connectivity index (χ0v) is 52.2. The summed E-state index contributed by atoms with van der Waals surface area (Å²) in [7, 11) is 0. The van der Waals surface area contributed by atoms with E-state index < -0.39 is 12.1 Å². The molecule has 0 amide bonds. The van der Waals surface area contributed by atoms with Gasteiger partial charge in [0.05, 0.1) is 0 Å². The van der Waals surface area contributed by atoms with Gasteiger partial charge in [0.15, 0.2) is 6.10 Å². The van der Waals surface area contributed by atoms with Gasteiger partial charge in [-0.2, -0.15) is 0 Å². The van der Waals surface area contributed by atoms with Crippen molar-refractivity contribution in [2.24, 2.45) is 0 Å². The van der Waals surface area contributed by atoms with Crippen LogP contribution < -0.4 is 0 Å². The van der Waals surface area contributed by atoms with E-state index in [0.29, 0.717) is 19.3 Å². The van der Waals surface area contributed by atoms with Crippen LogP contribution in [0.3, 0.4) is 0 Å². The summed E-state index contributed by atoms with van der Waals surface area (Å²) in [5, 5.41) is 0. The van der Waals surface area contributed by atoms with Crippen LogP contribution in [0.4, 0.5) is 0 Å². The maximum atomic E-state index is 12.9. The van der Waals surface area contributed by atoms with Crippen LogP contribution in [0.2, 0.25) is 0 Å². The van der Waals surface area contributed by atoms with E-state index in [1.807, 2.05) is 6.08 Å². The van der Waals surface area contributed by atoms with E-state index in [1.54, 1.807) is 0 Å². The van der Waals surface area contributed by atoms with Crippen LogP contribution in [0, 0.1) is 0 Å². The summed E-state index contributed by atoms with van der Waals surface area (Å²) in [4.78, 5) is 38.2. The molecule has 0 aromatic carbocycles. The number of hydrogen-bond donors (Lipinski definition) is 0. The smallest absolute Gasteiger partial charge is 0.306 e. The summed E-state index contributed by atoms with van der Waals surface area (Å²) < 4.78 is 16.8. The molecule has 1 unspecified atom stereocenters. The van der Waals surface area contributed by atoms with Gasteiger partial charge >= 0.3 is 17.9 Å². The van der Waals surface area contributed by atoms with Gasteiger partial charge in [0.2, 0.25) is 0 Å². The Bertz CT molecular complexity index is 1810. The molecule has 0 rings (SSSR count). The lowest BCUT2D eigenvalue weighted by Crippen LogP contribution is -2.30. The highest BCUT2D eigenvalue weighted by Gasteiger charge is 2.19. The first-order chi connectivity index (χ1) is 40.0. The molecule has 0 fully saturated rings. The molecule has 81 heavy (non-hydrogen) atoms. The minimum Gasteiger partial charge on any atom is -0.462 e. The quantitative estimate of drug-likeness (QED) is 0.0261. The van der Waals surface area contributed by atoms with E-state index in [1.165, 1.54) is 109 Å². The molecule has 0 aliphatic carbocycles. The second kappa shape index (κ2) is 67.5. The Kier molecular flexibility index (Phi) is 63.4. The van der Waals surface area contributed by atoms with E-state index in [9.17, 15) is 14.4 Å². The van der Waals surface area contributed by atoms with Crippen molar-refractivity contribution in [2.75, 3.05) is 13.2 Å². The number of esters is 3.